The highest BCUT2D eigenvalue weighted by molar-refractivity contribution is 6.03. The summed E-state index contributed by atoms with van der Waals surface area (Å²) in [5.41, 5.74) is 4.89. The fourth-order valence-corrected chi connectivity index (χ4v) is 3.87. The number of carbonyl (C=O) groups is 1. The average molecular weight is 368 g/mol. The van der Waals surface area contributed by atoms with E-state index in [4.69, 9.17) is 9.84 Å². The van der Waals surface area contributed by atoms with Crippen molar-refractivity contribution < 1.29 is 9.53 Å². The molecule has 0 bridgehead atoms. The molecule has 3 aromatic rings. The van der Waals surface area contributed by atoms with E-state index < -0.39 is 6.23 Å². The number of aryl methyl sites for hydroxylation is 1. The SMILES string of the molecule is Cc1ccc(C(=O)C2Oc3ccccc3C3CC(c4ccccc4)=NN23)cc1. The van der Waals surface area contributed by atoms with Gasteiger partial charge in [0.05, 0.1) is 11.8 Å². The van der Waals surface area contributed by atoms with Crippen LogP contribution in [0.4, 0.5) is 0 Å². The zero-order valence-corrected chi connectivity index (χ0v) is 15.6. The van der Waals surface area contributed by atoms with E-state index in [1.165, 1.54) is 0 Å². The molecular formula is C24H20N2O2. The van der Waals surface area contributed by atoms with Crippen molar-refractivity contribution in [2.24, 2.45) is 5.10 Å². The summed E-state index contributed by atoms with van der Waals surface area (Å²) in [4.78, 5) is 13.3. The summed E-state index contributed by atoms with van der Waals surface area (Å²) in [6, 6.07) is 25.7. The molecule has 0 saturated carbocycles. The van der Waals surface area contributed by atoms with Gasteiger partial charge in [0, 0.05) is 17.5 Å². The monoisotopic (exact) mass is 368 g/mol. The predicted octanol–water partition coefficient (Wildman–Crippen LogP) is 4.75. The number of hydrogen-bond donors (Lipinski definition) is 0. The molecular weight excluding hydrogens is 348 g/mol. The Morgan fingerprint density at radius 2 is 1.68 bits per heavy atom. The van der Waals surface area contributed by atoms with Gasteiger partial charge in [-0.3, -0.25) is 4.79 Å². The van der Waals surface area contributed by atoms with Crippen LogP contribution in [0.15, 0.2) is 84.0 Å². The molecule has 2 heterocycles. The lowest BCUT2D eigenvalue weighted by Gasteiger charge is -2.37. The minimum absolute atomic E-state index is 0.000413. The van der Waals surface area contributed by atoms with E-state index in [9.17, 15) is 4.79 Å². The van der Waals surface area contributed by atoms with Crippen LogP contribution < -0.4 is 4.74 Å². The molecule has 2 aliphatic rings. The summed E-state index contributed by atoms with van der Waals surface area (Å²) in [6.07, 6.45) is -0.00831. The number of carbonyl (C=O) groups excluding carboxylic acids is 1. The summed E-state index contributed by atoms with van der Waals surface area (Å²) < 4.78 is 6.15. The van der Waals surface area contributed by atoms with Gasteiger partial charge in [-0.1, -0.05) is 78.4 Å². The van der Waals surface area contributed by atoms with Crippen LogP contribution in [0.25, 0.3) is 0 Å². The smallest absolute Gasteiger partial charge is 0.251 e. The van der Waals surface area contributed by atoms with Crippen molar-refractivity contribution in [1.29, 1.82) is 0 Å². The molecule has 5 rings (SSSR count). The molecule has 0 saturated heterocycles. The Labute approximate surface area is 164 Å². The van der Waals surface area contributed by atoms with Crippen LogP contribution in [0.5, 0.6) is 5.75 Å². The Balaban J connectivity index is 1.56. The maximum Gasteiger partial charge on any atom is 0.251 e. The van der Waals surface area contributed by atoms with E-state index in [-0.39, 0.29) is 11.8 Å². The molecule has 4 heteroatoms. The highest BCUT2D eigenvalue weighted by atomic mass is 16.5. The minimum atomic E-state index is -0.760. The van der Waals surface area contributed by atoms with E-state index >= 15 is 0 Å². The van der Waals surface area contributed by atoms with Crippen LogP contribution in [0.3, 0.4) is 0 Å². The Hall–Kier alpha value is -3.40. The van der Waals surface area contributed by atoms with Crippen molar-refractivity contribution in [3.8, 4) is 5.75 Å². The first-order chi connectivity index (χ1) is 13.7. The molecule has 4 nitrogen and oxygen atoms in total. The second kappa shape index (κ2) is 6.64. The highest BCUT2D eigenvalue weighted by Gasteiger charge is 2.43. The first-order valence-electron chi connectivity index (χ1n) is 9.48. The lowest BCUT2D eigenvalue weighted by molar-refractivity contribution is -0.00455. The summed E-state index contributed by atoms with van der Waals surface area (Å²) in [5.74, 6) is 0.691. The molecule has 0 spiro atoms. The number of hydrogen-bond acceptors (Lipinski definition) is 4. The van der Waals surface area contributed by atoms with E-state index in [2.05, 4.69) is 18.2 Å². The Bertz CT molecular complexity index is 1060. The largest absolute Gasteiger partial charge is 0.461 e. The lowest BCUT2D eigenvalue weighted by Crippen LogP contribution is -2.45. The third kappa shape index (κ3) is 2.78. The number of Topliss-reactive ketones (excluding diaryl/α,β-unsaturated/α-hetero) is 1. The van der Waals surface area contributed by atoms with E-state index in [0.29, 0.717) is 5.56 Å². The first-order valence-corrected chi connectivity index (χ1v) is 9.48. The molecule has 0 fully saturated rings. The van der Waals surface area contributed by atoms with Crippen molar-refractivity contribution in [3.05, 3.63) is 101 Å². The summed E-state index contributed by atoms with van der Waals surface area (Å²) in [6.45, 7) is 2.01. The van der Waals surface area contributed by atoms with Gasteiger partial charge in [0.25, 0.3) is 6.23 Å². The number of benzene rings is 3. The zero-order chi connectivity index (χ0) is 19.1. The topological polar surface area (TPSA) is 41.9 Å². The number of fused-ring (bicyclic) bond motifs is 3. The van der Waals surface area contributed by atoms with Gasteiger partial charge in [-0.2, -0.15) is 5.10 Å². The van der Waals surface area contributed by atoms with Gasteiger partial charge in [0.15, 0.2) is 0 Å². The quantitative estimate of drug-likeness (QED) is 0.627. The number of ketones is 1. The molecule has 0 aromatic heterocycles. The molecule has 28 heavy (non-hydrogen) atoms. The van der Waals surface area contributed by atoms with Gasteiger partial charge in [-0.05, 0) is 18.6 Å². The third-order valence-electron chi connectivity index (χ3n) is 5.37. The molecule has 3 aromatic carbocycles. The molecule has 2 unspecified atom stereocenters. The second-order valence-corrected chi connectivity index (χ2v) is 7.25. The van der Waals surface area contributed by atoms with Gasteiger partial charge in [-0.15, -0.1) is 0 Å². The Morgan fingerprint density at radius 3 is 2.46 bits per heavy atom. The number of rotatable bonds is 3. The maximum atomic E-state index is 13.3. The standard InChI is InChI=1S/C24H20N2O2/c1-16-11-13-18(14-12-16)23(27)24-26-21(19-9-5-6-10-22(19)28-24)15-20(25-26)17-7-3-2-4-8-17/h2-14,21,24H,15H2,1H3. The molecule has 0 radical (unpaired) electrons. The summed E-state index contributed by atoms with van der Waals surface area (Å²) >= 11 is 0. The maximum absolute atomic E-state index is 13.3. The normalized spacial score (nSPS) is 20.0. The van der Waals surface area contributed by atoms with Crippen LogP contribution in [0, 0.1) is 6.92 Å². The molecule has 138 valence electrons. The van der Waals surface area contributed by atoms with Crippen molar-refractivity contribution in [2.45, 2.75) is 25.6 Å². The summed E-state index contributed by atoms with van der Waals surface area (Å²) in [7, 11) is 0. The fourth-order valence-electron chi connectivity index (χ4n) is 3.87. The van der Waals surface area contributed by atoms with Gasteiger partial charge >= 0.3 is 0 Å². The fraction of sp³-hybridized carbons (Fsp3) is 0.167. The van der Waals surface area contributed by atoms with Crippen LogP contribution in [0.2, 0.25) is 0 Å². The predicted molar refractivity (Wildman–Crippen MR) is 109 cm³/mol. The lowest BCUT2D eigenvalue weighted by atomic mass is 9.96. The average Bonchev–Trinajstić information content (AvgIpc) is 3.20. The third-order valence-corrected chi connectivity index (χ3v) is 5.37. The number of nitrogens with zero attached hydrogens (tertiary/aromatic N) is 2. The van der Waals surface area contributed by atoms with Crippen LogP contribution in [0.1, 0.15) is 39.5 Å². The minimum Gasteiger partial charge on any atom is -0.461 e. The van der Waals surface area contributed by atoms with E-state index in [1.54, 1.807) is 0 Å². The van der Waals surface area contributed by atoms with Crippen molar-refractivity contribution in [3.63, 3.8) is 0 Å². The van der Waals surface area contributed by atoms with Crippen molar-refractivity contribution in [1.82, 2.24) is 5.01 Å². The van der Waals surface area contributed by atoms with Gasteiger partial charge in [-0.25, -0.2) is 5.01 Å². The second-order valence-electron chi connectivity index (χ2n) is 7.25. The van der Waals surface area contributed by atoms with Gasteiger partial charge in [0.2, 0.25) is 5.78 Å². The number of ether oxygens (including phenoxy) is 1. The Kier molecular flexibility index (Phi) is 3.97. The highest BCUT2D eigenvalue weighted by Crippen LogP contribution is 2.43. The molecule has 0 N–H and O–H groups in total. The van der Waals surface area contributed by atoms with Crippen LogP contribution in [-0.4, -0.2) is 22.7 Å². The van der Waals surface area contributed by atoms with Crippen molar-refractivity contribution in [2.75, 3.05) is 0 Å². The number of para-hydroxylation sites is 1. The van der Waals surface area contributed by atoms with E-state index in [1.807, 2.05) is 72.6 Å². The van der Waals surface area contributed by atoms with E-state index in [0.717, 1.165) is 34.6 Å². The summed E-state index contributed by atoms with van der Waals surface area (Å²) in [5, 5.41) is 6.67. The van der Waals surface area contributed by atoms with Gasteiger partial charge in [0.1, 0.15) is 5.75 Å². The molecule has 2 aliphatic heterocycles. The Morgan fingerprint density at radius 1 is 0.964 bits per heavy atom. The van der Waals surface area contributed by atoms with Crippen LogP contribution >= 0.6 is 0 Å². The zero-order valence-electron chi connectivity index (χ0n) is 15.6. The first kappa shape index (κ1) is 16.8. The number of hydrazone groups is 1. The molecule has 0 aliphatic carbocycles. The molecule has 0 amide bonds. The van der Waals surface area contributed by atoms with Crippen LogP contribution in [-0.2, 0) is 0 Å². The van der Waals surface area contributed by atoms with Gasteiger partial charge < -0.3 is 4.74 Å². The molecule has 2 atom stereocenters. The van der Waals surface area contributed by atoms with Crippen molar-refractivity contribution >= 4 is 11.5 Å².